The molecule has 12 heteroatoms. The Labute approximate surface area is 193 Å². The first-order chi connectivity index (χ1) is 16.2. The summed E-state index contributed by atoms with van der Waals surface area (Å²) >= 11 is 0. The monoisotopic (exact) mass is 476 g/mol. The Morgan fingerprint density at radius 2 is 2.15 bits per heavy atom. The van der Waals surface area contributed by atoms with Gasteiger partial charge in [-0.2, -0.15) is 5.10 Å². The van der Waals surface area contributed by atoms with Crippen LogP contribution in [0.25, 0.3) is 4.85 Å². The highest BCUT2D eigenvalue weighted by atomic mass is 19.3. The van der Waals surface area contributed by atoms with Crippen molar-refractivity contribution in [3.05, 3.63) is 52.4 Å². The molecule has 0 spiro atoms. The Kier molecular flexibility index (Phi) is 6.47. The number of aliphatic hydroxyl groups excluding tert-OH is 1. The summed E-state index contributed by atoms with van der Waals surface area (Å²) in [7, 11) is 1.59. The molecule has 2 aromatic rings. The number of nitrogens with one attached hydrogen (secondary N) is 1. The van der Waals surface area contributed by atoms with Gasteiger partial charge in [0, 0.05) is 44.2 Å². The number of urea groups is 1. The van der Waals surface area contributed by atoms with Crippen LogP contribution in [0.5, 0.6) is 0 Å². The van der Waals surface area contributed by atoms with Gasteiger partial charge in [0.05, 0.1) is 31.0 Å². The fourth-order valence-corrected chi connectivity index (χ4v) is 4.34. The zero-order valence-electron chi connectivity index (χ0n) is 18.3. The minimum Gasteiger partial charge on any atom is -0.391 e. The zero-order valence-corrected chi connectivity index (χ0v) is 18.3. The Morgan fingerprint density at radius 3 is 2.85 bits per heavy atom. The fourth-order valence-electron chi connectivity index (χ4n) is 4.34. The van der Waals surface area contributed by atoms with Crippen molar-refractivity contribution >= 4 is 23.3 Å². The topological polar surface area (TPSA) is 95.1 Å². The smallest absolute Gasteiger partial charge is 0.322 e. The van der Waals surface area contributed by atoms with Gasteiger partial charge in [-0.3, -0.25) is 9.48 Å². The van der Waals surface area contributed by atoms with E-state index in [2.05, 4.69) is 15.3 Å². The van der Waals surface area contributed by atoms with E-state index in [1.54, 1.807) is 7.05 Å². The molecule has 9 nitrogen and oxygen atoms in total. The van der Waals surface area contributed by atoms with Gasteiger partial charge >= 0.3 is 6.03 Å². The van der Waals surface area contributed by atoms with Crippen molar-refractivity contribution in [1.82, 2.24) is 19.6 Å². The largest absolute Gasteiger partial charge is 0.391 e. The molecule has 2 N–H and O–H groups in total. The maximum Gasteiger partial charge on any atom is 0.322 e. The third-order valence-electron chi connectivity index (χ3n) is 6.15. The number of hydrogen-bond donors (Lipinski definition) is 2. The standard InChI is InChI=1S/C22H23F3N6O3/c1-26-16-9-12(3-4-14(16)23)27-22(34)30-8-5-15-13(11-30)20-21(33)29(2)7-6-17(31(20)28-15)18(32)10-19(24)25/h3-4,9,17-19,32H,5-8,10-11H2,2H3,(H,27,34). The quantitative estimate of drug-likeness (QED) is 0.663. The van der Waals surface area contributed by atoms with Crippen LogP contribution in [-0.4, -0.2) is 69.3 Å². The van der Waals surface area contributed by atoms with Crippen LogP contribution in [0.3, 0.4) is 0 Å². The first-order valence-corrected chi connectivity index (χ1v) is 10.7. The molecule has 4 rings (SSSR count). The normalized spacial score (nSPS) is 18.7. The number of alkyl halides is 2. The number of rotatable bonds is 4. The molecular weight excluding hydrogens is 453 g/mol. The number of carbonyl (C=O) groups is 2. The van der Waals surface area contributed by atoms with Crippen LogP contribution in [0.2, 0.25) is 0 Å². The molecule has 2 atom stereocenters. The number of hydrogen-bond acceptors (Lipinski definition) is 4. The lowest BCUT2D eigenvalue weighted by Crippen LogP contribution is -2.39. The van der Waals surface area contributed by atoms with Gasteiger partial charge in [-0.15, -0.1) is 0 Å². The summed E-state index contributed by atoms with van der Waals surface area (Å²) in [6.45, 7) is 7.59. The van der Waals surface area contributed by atoms with Crippen molar-refractivity contribution in [1.29, 1.82) is 0 Å². The molecule has 0 bridgehead atoms. The van der Waals surface area contributed by atoms with Crippen LogP contribution in [-0.2, 0) is 13.0 Å². The highest BCUT2D eigenvalue weighted by Crippen LogP contribution is 2.32. The van der Waals surface area contributed by atoms with E-state index in [-0.39, 0.29) is 49.0 Å². The first kappa shape index (κ1) is 23.6. The third-order valence-corrected chi connectivity index (χ3v) is 6.15. The third kappa shape index (κ3) is 4.43. The van der Waals surface area contributed by atoms with Gasteiger partial charge in [0.2, 0.25) is 12.1 Å². The molecule has 180 valence electrons. The second-order valence-corrected chi connectivity index (χ2v) is 8.37. The highest BCUT2D eigenvalue weighted by Gasteiger charge is 2.38. The maximum atomic E-state index is 13.6. The van der Waals surface area contributed by atoms with E-state index < -0.39 is 36.8 Å². The van der Waals surface area contributed by atoms with Gasteiger partial charge in [-0.1, -0.05) is 0 Å². The lowest BCUT2D eigenvalue weighted by atomic mass is 10.0. The van der Waals surface area contributed by atoms with Crippen LogP contribution in [0, 0.1) is 12.4 Å². The van der Waals surface area contributed by atoms with Crippen LogP contribution in [0.4, 0.5) is 29.3 Å². The fraction of sp³-hybridized carbons (Fsp3) is 0.455. The summed E-state index contributed by atoms with van der Waals surface area (Å²) in [5.41, 5.74) is 1.30. The van der Waals surface area contributed by atoms with E-state index in [0.717, 1.165) is 6.07 Å². The van der Waals surface area contributed by atoms with E-state index >= 15 is 0 Å². The molecule has 2 aliphatic rings. The van der Waals surface area contributed by atoms with Gasteiger partial charge in [0.1, 0.15) is 11.5 Å². The summed E-state index contributed by atoms with van der Waals surface area (Å²) in [5, 5.41) is 17.5. The van der Waals surface area contributed by atoms with Crippen LogP contribution >= 0.6 is 0 Å². The molecule has 3 amide bonds. The molecule has 34 heavy (non-hydrogen) atoms. The molecule has 2 aliphatic heterocycles. The molecular formula is C22H23F3N6O3. The number of anilines is 1. The molecule has 1 aromatic heterocycles. The van der Waals surface area contributed by atoms with Crippen molar-refractivity contribution in [3.63, 3.8) is 0 Å². The molecule has 0 radical (unpaired) electrons. The Hall–Kier alpha value is -3.59. The number of aromatic nitrogens is 2. The molecule has 0 saturated heterocycles. The Balaban J connectivity index is 1.61. The zero-order chi connectivity index (χ0) is 24.6. The second-order valence-electron chi connectivity index (χ2n) is 8.37. The second kappa shape index (κ2) is 9.34. The summed E-state index contributed by atoms with van der Waals surface area (Å²) in [6, 6.07) is 2.37. The van der Waals surface area contributed by atoms with E-state index in [0.29, 0.717) is 17.7 Å². The lowest BCUT2D eigenvalue weighted by molar-refractivity contribution is 0.0265. The predicted octanol–water partition coefficient (Wildman–Crippen LogP) is 3.20. The lowest BCUT2D eigenvalue weighted by Gasteiger charge is -2.27. The van der Waals surface area contributed by atoms with Crippen molar-refractivity contribution in [3.8, 4) is 0 Å². The highest BCUT2D eigenvalue weighted by molar-refractivity contribution is 5.95. The average molecular weight is 476 g/mol. The van der Waals surface area contributed by atoms with Crippen molar-refractivity contribution in [2.45, 2.75) is 44.4 Å². The molecule has 0 fully saturated rings. The summed E-state index contributed by atoms with van der Waals surface area (Å²) in [6.07, 6.45) is -4.22. The van der Waals surface area contributed by atoms with Crippen molar-refractivity contribution in [2.24, 2.45) is 0 Å². The molecule has 0 saturated carbocycles. The SMILES string of the molecule is [C-]#[N+]c1cc(NC(=O)N2CCc3nn4c(c3C2)C(=O)N(C)CCC4C(O)CC(F)F)ccc1F. The Morgan fingerprint density at radius 1 is 1.38 bits per heavy atom. The van der Waals surface area contributed by atoms with E-state index in [9.17, 15) is 27.9 Å². The van der Waals surface area contributed by atoms with Gasteiger partial charge < -0.3 is 20.2 Å². The van der Waals surface area contributed by atoms with Crippen LogP contribution in [0.15, 0.2) is 18.2 Å². The summed E-state index contributed by atoms with van der Waals surface area (Å²) < 4.78 is 40.8. The molecule has 3 heterocycles. The minimum absolute atomic E-state index is 0.0462. The van der Waals surface area contributed by atoms with Crippen molar-refractivity contribution < 1.29 is 27.9 Å². The minimum atomic E-state index is -2.70. The molecule has 0 aliphatic carbocycles. The number of amides is 3. The number of carbonyl (C=O) groups excluding carboxylic acids is 2. The average Bonchev–Trinajstić information content (AvgIpc) is 3.11. The summed E-state index contributed by atoms with van der Waals surface area (Å²) in [5.74, 6) is -1.05. The van der Waals surface area contributed by atoms with E-state index in [1.807, 2.05) is 0 Å². The van der Waals surface area contributed by atoms with Gasteiger partial charge in [-0.05, 0) is 24.6 Å². The number of aliphatic hydroxyl groups is 1. The maximum absolute atomic E-state index is 13.6. The number of fused-ring (bicyclic) bond motifs is 3. The Bertz CT molecular complexity index is 1160. The first-order valence-electron chi connectivity index (χ1n) is 10.7. The molecule has 2 unspecified atom stereocenters. The van der Waals surface area contributed by atoms with Crippen LogP contribution < -0.4 is 5.32 Å². The number of nitrogens with zero attached hydrogens (tertiary/aromatic N) is 5. The predicted molar refractivity (Wildman–Crippen MR) is 115 cm³/mol. The number of benzene rings is 1. The van der Waals surface area contributed by atoms with Gasteiger partial charge in [-0.25, -0.2) is 22.8 Å². The van der Waals surface area contributed by atoms with Gasteiger partial charge in [0.15, 0.2) is 0 Å². The summed E-state index contributed by atoms with van der Waals surface area (Å²) in [4.78, 5) is 31.9. The molecule has 1 aromatic carbocycles. The van der Waals surface area contributed by atoms with E-state index in [4.69, 9.17) is 6.57 Å². The van der Waals surface area contributed by atoms with Gasteiger partial charge in [0.25, 0.3) is 5.91 Å². The van der Waals surface area contributed by atoms with E-state index in [1.165, 1.54) is 26.6 Å². The number of halogens is 3. The van der Waals surface area contributed by atoms with Crippen molar-refractivity contribution in [2.75, 3.05) is 25.5 Å². The van der Waals surface area contributed by atoms with Crippen LogP contribution in [0.1, 0.15) is 40.6 Å².